The molecule has 0 spiro atoms. The smallest absolute Gasteiger partial charge is 0.310 e. The zero-order valence-electron chi connectivity index (χ0n) is 18.1. The molecule has 6 nitrogen and oxygen atoms in total. The Bertz CT molecular complexity index is 849. The quantitative estimate of drug-likeness (QED) is 0.309. The van der Waals surface area contributed by atoms with Crippen molar-refractivity contribution in [2.45, 2.75) is 89.7 Å². The molecule has 0 aromatic rings. The minimum absolute atomic E-state index is 0.0236. The lowest BCUT2D eigenvalue weighted by Gasteiger charge is -2.61. The highest BCUT2D eigenvalue weighted by Gasteiger charge is 2.67. The summed E-state index contributed by atoms with van der Waals surface area (Å²) < 4.78 is 5.24. The summed E-state index contributed by atoms with van der Waals surface area (Å²) in [5, 5.41) is 23.6. The highest BCUT2D eigenvalue weighted by Crippen LogP contribution is 2.69. The molecule has 0 amide bonds. The van der Waals surface area contributed by atoms with Crippen molar-refractivity contribution in [3.8, 4) is 0 Å². The lowest BCUT2D eigenvalue weighted by molar-refractivity contribution is -0.512. The molecule has 0 aromatic carbocycles. The van der Waals surface area contributed by atoms with Gasteiger partial charge in [0.15, 0.2) is 0 Å². The van der Waals surface area contributed by atoms with Crippen LogP contribution in [-0.2, 0) is 9.53 Å². The summed E-state index contributed by atoms with van der Waals surface area (Å²) in [7, 11) is 0. The standard InChI is InChI=1S/C24H33NO5/c1-22-10-7-17(25(28)29)13-16(22)4-5-20-19(22)8-11-23(2)18(9-12-24(20,23)27)15-3-6-21(26)30-14-15/h13-14,17-20,27H,3-12H2,1-2H3/t17?,18-,19?,20?,22+,23-,24+/m1/s1. The topological polar surface area (TPSA) is 89.7 Å². The van der Waals surface area contributed by atoms with Crippen molar-refractivity contribution in [3.05, 3.63) is 33.6 Å². The van der Waals surface area contributed by atoms with E-state index in [0.717, 1.165) is 51.4 Å². The van der Waals surface area contributed by atoms with E-state index in [-0.39, 0.29) is 33.6 Å². The highest BCUT2D eigenvalue weighted by molar-refractivity contribution is 5.71. The summed E-state index contributed by atoms with van der Waals surface area (Å²) in [6, 6.07) is -0.543. The Hall–Kier alpha value is -1.69. The summed E-state index contributed by atoms with van der Waals surface area (Å²) in [5.41, 5.74) is 1.53. The monoisotopic (exact) mass is 415 g/mol. The summed E-state index contributed by atoms with van der Waals surface area (Å²) in [4.78, 5) is 22.7. The maximum absolute atomic E-state index is 12.2. The Morgan fingerprint density at radius 2 is 1.87 bits per heavy atom. The lowest BCUT2D eigenvalue weighted by atomic mass is 9.45. The van der Waals surface area contributed by atoms with Crippen LogP contribution < -0.4 is 0 Å². The van der Waals surface area contributed by atoms with E-state index in [1.54, 1.807) is 6.26 Å². The first-order chi connectivity index (χ1) is 14.2. The van der Waals surface area contributed by atoms with E-state index in [1.165, 1.54) is 11.1 Å². The van der Waals surface area contributed by atoms with E-state index in [4.69, 9.17) is 4.74 Å². The summed E-state index contributed by atoms with van der Waals surface area (Å²) in [6.07, 6.45) is 11.8. The Balaban J connectivity index is 1.45. The minimum atomic E-state index is -0.711. The molecule has 4 aliphatic carbocycles. The molecular weight excluding hydrogens is 382 g/mol. The Kier molecular flexibility index (Phi) is 4.48. The van der Waals surface area contributed by atoms with Gasteiger partial charge in [-0.3, -0.25) is 14.9 Å². The molecular formula is C24H33NO5. The van der Waals surface area contributed by atoms with Gasteiger partial charge in [-0.25, -0.2) is 0 Å². The number of rotatable bonds is 2. The molecule has 3 fully saturated rings. The van der Waals surface area contributed by atoms with E-state index < -0.39 is 11.6 Å². The van der Waals surface area contributed by atoms with Crippen LogP contribution in [0.4, 0.5) is 0 Å². The molecule has 3 unspecified atom stereocenters. The largest absolute Gasteiger partial charge is 0.435 e. The number of cyclic esters (lactones) is 1. The second-order valence-electron chi connectivity index (χ2n) is 10.9. The third-order valence-electron chi connectivity index (χ3n) is 9.95. The van der Waals surface area contributed by atoms with Crippen LogP contribution in [0.3, 0.4) is 0 Å². The van der Waals surface area contributed by atoms with Gasteiger partial charge >= 0.3 is 5.97 Å². The fourth-order valence-electron chi connectivity index (χ4n) is 8.20. The van der Waals surface area contributed by atoms with Gasteiger partial charge in [0.05, 0.1) is 11.9 Å². The first-order valence-corrected chi connectivity index (χ1v) is 11.6. The average Bonchev–Trinajstić information content (AvgIpc) is 2.99. The third kappa shape index (κ3) is 2.61. The summed E-state index contributed by atoms with van der Waals surface area (Å²) >= 11 is 0. The highest BCUT2D eigenvalue weighted by atomic mass is 16.6. The van der Waals surface area contributed by atoms with Crippen LogP contribution in [0.5, 0.6) is 0 Å². The average molecular weight is 416 g/mol. The normalized spacial score (nSPS) is 47.9. The summed E-state index contributed by atoms with van der Waals surface area (Å²) in [5.74, 6) is 0.736. The number of nitrogens with zero attached hydrogens (tertiary/aromatic N) is 1. The number of esters is 1. The van der Waals surface area contributed by atoms with Gasteiger partial charge in [-0.1, -0.05) is 19.4 Å². The Morgan fingerprint density at radius 3 is 2.57 bits per heavy atom. The van der Waals surface area contributed by atoms with Gasteiger partial charge in [0, 0.05) is 23.2 Å². The maximum atomic E-state index is 12.2. The van der Waals surface area contributed by atoms with Crippen LogP contribution in [0, 0.1) is 38.7 Å². The molecule has 5 aliphatic rings. The van der Waals surface area contributed by atoms with Crippen molar-refractivity contribution >= 4 is 5.97 Å². The summed E-state index contributed by atoms with van der Waals surface area (Å²) in [6.45, 7) is 4.56. The molecule has 0 aromatic heterocycles. The van der Waals surface area contributed by atoms with Crippen LogP contribution in [0.25, 0.3) is 0 Å². The first-order valence-electron chi connectivity index (χ1n) is 11.6. The SMILES string of the molecule is C[C@]12CCC([N+](=O)[O-])C=C1CCC1C2CC[C@]2(C)[C@@H](C3=COC(=O)CC3)CC[C@]12O. The molecule has 0 bridgehead atoms. The van der Waals surface area contributed by atoms with Crippen molar-refractivity contribution < 1.29 is 19.6 Å². The third-order valence-corrected chi connectivity index (χ3v) is 9.95. The van der Waals surface area contributed by atoms with Crippen LogP contribution in [0.1, 0.15) is 78.1 Å². The van der Waals surface area contributed by atoms with Gasteiger partial charge in [0.25, 0.3) is 0 Å². The first kappa shape index (κ1) is 20.2. The van der Waals surface area contributed by atoms with Gasteiger partial charge in [-0.15, -0.1) is 0 Å². The Morgan fingerprint density at radius 1 is 1.07 bits per heavy atom. The molecule has 3 saturated carbocycles. The van der Waals surface area contributed by atoms with Crippen LogP contribution in [-0.4, -0.2) is 27.6 Å². The van der Waals surface area contributed by atoms with Crippen LogP contribution in [0.2, 0.25) is 0 Å². The van der Waals surface area contributed by atoms with Crippen LogP contribution in [0.15, 0.2) is 23.5 Å². The van der Waals surface area contributed by atoms with Crippen molar-refractivity contribution in [2.75, 3.05) is 0 Å². The number of hydrogen-bond donors (Lipinski definition) is 1. The number of hydrogen-bond acceptors (Lipinski definition) is 5. The van der Waals surface area contributed by atoms with Gasteiger partial charge in [0.1, 0.15) is 0 Å². The molecule has 30 heavy (non-hydrogen) atoms. The molecule has 5 rings (SSSR count). The zero-order valence-corrected chi connectivity index (χ0v) is 18.1. The molecule has 0 saturated heterocycles. The van der Waals surface area contributed by atoms with Gasteiger partial charge in [-0.05, 0) is 86.2 Å². The zero-order chi connectivity index (χ0) is 21.3. The number of fused-ring (bicyclic) bond motifs is 5. The van der Waals surface area contributed by atoms with E-state index in [2.05, 4.69) is 13.8 Å². The predicted molar refractivity (Wildman–Crippen MR) is 111 cm³/mol. The fourth-order valence-corrected chi connectivity index (χ4v) is 8.20. The van der Waals surface area contributed by atoms with Crippen molar-refractivity contribution in [1.82, 2.24) is 0 Å². The number of carbonyl (C=O) groups excluding carboxylic acids is 1. The van der Waals surface area contributed by atoms with Gasteiger partial charge in [-0.2, -0.15) is 0 Å². The van der Waals surface area contributed by atoms with Crippen LogP contribution >= 0.6 is 0 Å². The fraction of sp³-hybridized carbons (Fsp3) is 0.792. The van der Waals surface area contributed by atoms with E-state index in [0.29, 0.717) is 18.8 Å². The molecule has 0 radical (unpaired) electrons. The van der Waals surface area contributed by atoms with Gasteiger partial charge in [0.2, 0.25) is 6.04 Å². The van der Waals surface area contributed by atoms with Crippen molar-refractivity contribution in [2.24, 2.45) is 28.6 Å². The molecule has 7 atom stereocenters. The second-order valence-corrected chi connectivity index (χ2v) is 10.9. The van der Waals surface area contributed by atoms with E-state index in [9.17, 15) is 20.0 Å². The molecule has 1 N–H and O–H groups in total. The molecule has 6 heteroatoms. The number of carbonyl (C=O) groups is 1. The lowest BCUT2D eigenvalue weighted by Crippen LogP contribution is -2.61. The number of aliphatic hydroxyl groups is 1. The van der Waals surface area contributed by atoms with Gasteiger partial charge < -0.3 is 9.84 Å². The Labute approximate surface area is 177 Å². The van der Waals surface area contributed by atoms with Crippen molar-refractivity contribution in [1.29, 1.82) is 0 Å². The van der Waals surface area contributed by atoms with E-state index in [1.807, 2.05) is 6.08 Å². The molecule has 1 aliphatic heterocycles. The minimum Gasteiger partial charge on any atom is -0.435 e. The number of ether oxygens (including phenoxy) is 1. The number of nitro groups is 1. The van der Waals surface area contributed by atoms with E-state index >= 15 is 0 Å². The predicted octanol–water partition coefficient (Wildman–Crippen LogP) is 4.55. The maximum Gasteiger partial charge on any atom is 0.310 e. The number of allylic oxidation sites excluding steroid dienone is 2. The molecule has 1 heterocycles. The molecule has 164 valence electrons. The van der Waals surface area contributed by atoms with Crippen molar-refractivity contribution in [3.63, 3.8) is 0 Å². The second kappa shape index (κ2) is 6.65.